The standard InChI is InChI=1S/C28H26ClF3N4O2/c1-18-26(36-15-12-22(29)16-25(36)34-18)27(37)33-17-19-2-6-23(7-3-19)35-13-10-21(11-14-35)20-4-8-24(9-5-20)38-28(30,31)32/h2-9,12,15-16,21H,10-11,13-14,17H2,1H3,(H,33,37). The monoisotopic (exact) mass is 542 g/mol. The first-order valence-corrected chi connectivity index (χ1v) is 12.7. The molecule has 10 heteroatoms. The molecule has 0 atom stereocenters. The predicted octanol–water partition coefficient (Wildman–Crippen LogP) is 6.51. The third-order valence-corrected chi connectivity index (χ3v) is 7.05. The van der Waals surface area contributed by atoms with Crippen molar-refractivity contribution in [2.24, 2.45) is 0 Å². The normalized spacial score (nSPS) is 14.6. The van der Waals surface area contributed by atoms with Gasteiger partial charge >= 0.3 is 6.36 Å². The molecule has 0 spiro atoms. The van der Waals surface area contributed by atoms with Crippen LogP contribution in [0.2, 0.25) is 5.02 Å². The van der Waals surface area contributed by atoms with E-state index in [0.29, 0.717) is 34.5 Å². The number of hydrogen-bond donors (Lipinski definition) is 1. The molecule has 2 aromatic heterocycles. The van der Waals surface area contributed by atoms with E-state index in [9.17, 15) is 18.0 Å². The number of anilines is 1. The second-order valence-corrected chi connectivity index (χ2v) is 9.78. The van der Waals surface area contributed by atoms with E-state index in [1.165, 1.54) is 12.1 Å². The lowest BCUT2D eigenvalue weighted by Gasteiger charge is -2.34. The number of hydrogen-bond acceptors (Lipinski definition) is 4. The zero-order valence-corrected chi connectivity index (χ0v) is 21.4. The largest absolute Gasteiger partial charge is 0.573 e. The number of rotatable bonds is 6. The highest BCUT2D eigenvalue weighted by Crippen LogP contribution is 2.32. The number of carbonyl (C=O) groups is 1. The van der Waals surface area contributed by atoms with Gasteiger partial charge in [-0.3, -0.25) is 9.20 Å². The van der Waals surface area contributed by atoms with Gasteiger partial charge in [0.2, 0.25) is 0 Å². The summed E-state index contributed by atoms with van der Waals surface area (Å²) in [7, 11) is 0. The van der Waals surface area contributed by atoms with Crippen LogP contribution in [0, 0.1) is 6.92 Å². The van der Waals surface area contributed by atoms with E-state index >= 15 is 0 Å². The molecular formula is C28H26ClF3N4O2. The van der Waals surface area contributed by atoms with E-state index in [4.69, 9.17) is 11.6 Å². The van der Waals surface area contributed by atoms with E-state index in [-0.39, 0.29) is 11.7 Å². The van der Waals surface area contributed by atoms with Gasteiger partial charge in [0.05, 0.1) is 5.69 Å². The second kappa shape index (κ2) is 10.6. The van der Waals surface area contributed by atoms with Gasteiger partial charge in [0.1, 0.15) is 17.1 Å². The number of amides is 1. The van der Waals surface area contributed by atoms with Crippen LogP contribution in [0.25, 0.3) is 5.65 Å². The van der Waals surface area contributed by atoms with E-state index < -0.39 is 6.36 Å². The Morgan fingerprint density at radius 3 is 2.42 bits per heavy atom. The van der Waals surface area contributed by atoms with Crippen LogP contribution in [0.3, 0.4) is 0 Å². The van der Waals surface area contributed by atoms with Crippen LogP contribution < -0.4 is 15.0 Å². The second-order valence-electron chi connectivity index (χ2n) is 9.35. The Morgan fingerprint density at radius 2 is 1.76 bits per heavy atom. The molecule has 1 aliphatic heterocycles. The Balaban J connectivity index is 1.14. The lowest BCUT2D eigenvalue weighted by molar-refractivity contribution is -0.274. The number of nitrogens with one attached hydrogen (secondary N) is 1. The van der Waals surface area contributed by atoms with Crippen molar-refractivity contribution in [2.75, 3.05) is 18.0 Å². The molecule has 1 fully saturated rings. The summed E-state index contributed by atoms with van der Waals surface area (Å²) in [5, 5.41) is 3.53. The van der Waals surface area contributed by atoms with Gasteiger partial charge in [-0.2, -0.15) is 0 Å². The molecule has 4 aromatic rings. The van der Waals surface area contributed by atoms with Crippen LogP contribution in [0.15, 0.2) is 66.9 Å². The van der Waals surface area contributed by atoms with E-state index in [2.05, 4.69) is 19.9 Å². The number of benzene rings is 2. The molecule has 1 amide bonds. The molecule has 3 heterocycles. The number of pyridine rings is 1. The molecule has 1 aliphatic rings. The summed E-state index contributed by atoms with van der Waals surface area (Å²) >= 11 is 6.03. The highest BCUT2D eigenvalue weighted by Gasteiger charge is 2.31. The fourth-order valence-electron chi connectivity index (χ4n) is 4.91. The number of halogens is 4. The van der Waals surface area contributed by atoms with Gasteiger partial charge in [-0.25, -0.2) is 4.98 Å². The number of carbonyl (C=O) groups excluding carboxylic acids is 1. The SMILES string of the molecule is Cc1nc2cc(Cl)ccn2c1C(=O)NCc1ccc(N2CCC(c3ccc(OC(F)(F)F)cc3)CC2)cc1. The number of ether oxygens (including phenoxy) is 1. The number of nitrogens with zero attached hydrogens (tertiary/aromatic N) is 3. The molecule has 0 aliphatic carbocycles. The summed E-state index contributed by atoms with van der Waals surface area (Å²) in [5.41, 5.74) is 4.85. The molecular weight excluding hydrogens is 517 g/mol. The van der Waals surface area contributed by atoms with Crippen LogP contribution in [0.1, 0.15) is 46.1 Å². The van der Waals surface area contributed by atoms with Crippen molar-refractivity contribution in [1.82, 2.24) is 14.7 Å². The average Bonchev–Trinajstić information content (AvgIpc) is 3.22. The van der Waals surface area contributed by atoms with Crippen molar-refractivity contribution in [3.05, 3.63) is 94.4 Å². The lowest BCUT2D eigenvalue weighted by atomic mass is 9.89. The lowest BCUT2D eigenvalue weighted by Crippen LogP contribution is -2.32. The Morgan fingerprint density at radius 1 is 1.08 bits per heavy atom. The molecule has 198 valence electrons. The van der Waals surface area contributed by atoms with Gasteiger partial charge < -0.3 is 15.0 Å². The molecule has 38 heavy (non-hydrogen) atoms. The van der Waals surface area contributed by atoms with Crippen molar-refractivity contribution in [1.29, 1.82) is 0 Å². The van der Waals surface area contributed by atoms with Crippen molar-refractivity contribution < 1.29 is 22.7 Å². The summed E-state index contributed by atoms with van der Waals surface area (Å²) in [5.74, 6) is -0.116. The summed E-state index contributed by atoms with van der Waals surface area (Å²) in [6.07, 6.45) is -1.14. The summed E-state index contributed by atoms with van der Waals surface area (Å²) in [6.45, 7) is 3.87. The van der Waals surface area contributed by atoms with E-state index in [1.807, 2.05) is 24.3 Å². The third kappa shape index (κ3) is 5.88. The quantitative estimate of drug-likeness (QED) is 0.302. The summed E-state index contributed by atoms with van der Waals surface area (Å²) < 4.78 is 42.9. The molecule has 0 saturated carbocycles. The minimum atomic E-state index is -4.68. The number of fused-ring (bicyclic) bond motifs is 1. The number of alkyl halides is 3. The number of piperidine rings is 1. The molecule has 0 bridgehead atoms. The smallest absolute Gasteiger partial charge is 0.406 e. The topological polar surface area (TPSA) is 58.9 Å². The third-order valence-electron chi connectivity index (χ3n) is 6.81. The van der Waals surface area contributed by atoms with Crippen LogP contribution in [-0.4, -0.2) is 34.7 Å². The molecule has 0 radical (unpaired) electrons. The Kier molecular flexibility index (Phi) is 7.21. The zero-order valence-electron chi connectivity index (χ0n) is 20.6. The van der Waals surface area contributed by atoms with Gasteiger partial charge in [-0.15, -0.1) is 13.2 Å². The van der Waals surface area contributed by atoms with Crippen molar-refractivity contribution in [2.45, 2.75) is 38.6 Å². The maximum atomic E-state index is 12.9. The minimum absolute atomic E-state index is 0.200. The van der Waals surface area contributed by atoms with Gasteiger partial charge in [0.15, 0.2) is 0 Å². The van der Waals surface area contributed by atoms with Crippen molar-refractivity contribution in [3.8, 4) is 5.75 Å². The first-order valence-electron chi connectivity index (χ1n) is 12.3. The van der Waals surface area contributed by atoms with Gasteiger partial charge in [-0.05, 0) is 67.1 Å². The highest BCUT2D eigenvalue weighted by molar-refractivity contribution is 6.30. The zero-order chi connectivity index (χ0) is 26.9. The maximum absolute atomic E-state index is 12.9. The first kappa shape index (κ1) is 25.9. The fraction of sp³-hybridized carbons (Fsp3) is 0.286. The fourth-order valence-corrected chi connectivity index (χ4v) is 5.07. The van der Waals surface area contributed by atoms with Crippen LogP contribution in [-0.2, 0) is 6.54 Å². The number of aryl methyl sites for hydroxylation is 1. The molecule has 1 N–H and O–H groups in total. The number of imidazole rings is 1. The maximum Gasteiger partial charge on any atom is 0.573 e. The Bertz CT molecular complexity index is 1430. The Hall–Kier alpha value is -3.72. The first-order chi connectivity index (χ1) is 18.2. The molecule has 2 aromatic carbocycles. The summed E-state index contributed by atoms with van der Waals surface area (Å²) in [4.78, 5) is 19.6. The van der Waals surface area contributed by atoms with E-state index in [0.717, 1.165) is 42.7 Å². The van der Waals surface area contributed by atoms with Gasteiger partial charge in [0.25, 0.3) is 5.91 Å². The van der Waals surface area contributed by atoms with Crippen LogP contribution in [0.4, 0.5) is 18.9 Å². The Labute approximate surface area is 223 Å². The van der Waals surface area contributed by atoms with Gasteiger partial charge in [0, 0.05) is 42.6 Å². The minimum Gasteiger partial charge on any atom is -0.406 e. The predicted molar refractivity (Wildman–Crippen MR) is 140 cm³/mol. The summed E-state index contributed by atoms with van der Waals surface area (Å²) in [6, 6.07) is 17.7. The van der Waals surface area contributed by atoms with Crippen molar-refractivity contribution in [3.63, 3.8) is 0 Å². The molecule has 5 rings (SSSR count). The number of aromatic nitrogens is 2. The average molecular weight is 543 g/mol. The molecule has 6 nitrogen and oxygen atoms in total. The molecule has 0 unspecified atom stereocenters. The van der Waals surface area contributed by atoms with Crippen LogP contribution in [0.5, 0.6) is 5.75 Å². The van der Waals surface area contributed by atoms with Crippen molar-refractivity contribution >= 4 is 28.8 Å². The molecule has 1 saturated heterocycles. The highest BCUT2D eigenvalue weighted by atomic mass is 35.5. The van der Waals surface area contributed by atoms with E-state index in [1.54, 1.807) is 41.8 Å². The van der Waals surface area contributed by atoms with Crippen LogP contribution >= 0.6 is 11.6 Å². The van der Waals surface area contributed by atoms with Gasteiger partial charge in [-0.1, -0.05) is 35.9 Å².